The van der Waals surface area contributed by atoms with E-state index in [9.17, 15) is 38.5 Å². The normalized spacial score (nSPS) is 27.9. The summed E-state index contributed by atoms with van der Waals surface area (Å²) in [5.74, 6) is -7.99. The van der Waals surface area contributed by atoms with Crippen molar-refractivity contribution in [2.45, 2.75) is 61.7 Å². The molecule has 30 heavy (non-hydrogen) atoms. The smallest absolute Gasteiger partial charge is 0.352 e. The van der Waals surface area contributed by atoms with Gasteiger partial charge < -0.3 is 46.6 Å². The maximum Gasteiger partial charge on any atom is 0.352 e. The molecule has 0 spiro atoms. The number of carbonyl (C=O) groups excluding carboxylic acids is 2. The standard InChI is InChI=1S/C16H27F2N3O9/c17-16(18,13-12(27)11(26)10(25)8(6-22)30-13)15(29)20-4-2-1-3-7(19)14(28)21-5-9(23)24/h7-8,10-13,22,25-27H,1-6,19H2,(H,20,29)(H,21,28)(H,23,24)/t7-,8+,10-,11-,12+,13+/m0/s1. The van der Waals surface area contributed by atoms with E-state index < -0.39 is 73.4 Å². The van der Waals surface area contributed by atoms with Crippen molar-refractivity contribution in [3.05, 3.63) is 0 Å². The number of hydrogen-bond acceptors (Lipinski definition) is 9. The van der Waals surface area contributed by atoms with Crippen molar-refractivity contribution >= 4 is 17.8 Å². The molecule has 1 aliphatic heterocycles. The molecule has 1 aliphatic rings. The molecule has 1 fully saturated rings. The molecule has 1 heterocycles. The minimum Gasteiger partial charge on any atom is -0.480 e. The molecule has 1 saturated heterocycles. The highest BCUT2D eigenvalue weighted by Gasteiger charge is 2.58. The topological polar surface area (TPSA) is 212 Å². The quantitative estimate of drug-likeness (QED) is 0.146. The average Bonchev–Trinajstić information content (AvgIpc) is 2.69. The van der Waals surface area contributed by atoms with Crippen LogP contribution in [0.3, 0.4) is 0 Å². The second kappa shape index (κ2) is 11.4. The molecule has 0 aromatic carbocycles. The van der Waals surface area contributed by atoms with Crippen molar-refractivity contribution in [1.82, 2.24) is 10.6 Å². The Morgan fingerprint density at radius 1 is 1.07 bits per heavy atom. The van der Waals surface area contributed by atoms with Crippen LogP contribution in [-0.4, -0.2) is 105 Å². The van der Waals surface area contributed by atoms with Gasteiger partial charge in [0.2, 0.25) is 5.91 Å². The molecule has 9 N–H and O–H groups in total. The minimum absolute atomic E-state index is 0.116. The third-order valence-corrected chi connectivity index (χ3v) is 4.53. The molecule has 0 aromatic rings. The maximum absolute atomic E-state index is 14.4. The molecule has 0 saturated carbocycles. The van der Waals surface area contributed by atoms with Gasteiger partial charge in [-0.15, -0.1) is 0 Å². The Morgan fingerprint density at radius 2 is 1.70 bits per heavy atom. The fourth-order valence-corrected chi connectivity index (χ4v) is 2.76. The lowest BCUT2D eigenvalue weighted by molar-refractivity contribution is -0.274. The number of halogens is 2. The van der Waals surface area contributed by atoms with Crippen LogP contribution in [0.25, 0.3) is 0 Å². The number of nitrogens with one attached hydrogen (secondary N) is 2. The van der Waals surface area contributed by atoms with Gasteiger partial charge in [-0.1, -0.05) is 0 Å². The van der Waals surface area contributed by atoms with Gasteiger partial charge in [0.1, 0.15) is 31.0 Å². The van der Waals surface area contributed by atoms with E-state index >= 15 is 0 Å². The van der Waals surface area contributed by atoms with Crippen LogP contribution in [0.15, 0.2) is 0 Å². The van der Waals surface area contributed by atoms with Crippen LogP contribution in [0.4, 0.5) is 8.78 Å². The Balaban J connectivity index is 2.46. The summed E-state index contributed by atoms with van der Waals surface area (Å²) in [6.45, 7) is -1.73. The number of aliphatic hydroxyl groups is 4. The fraction of sp³-hybridized carbons (Fsp3) is 0.812. The molecule has 1 rings (SSSR count). The molecule has 2 amide bonds. The fourth-order valence-electron chi connectivity index (χ4n) is 2.76. The summed E-state index contributed by atoms with van der Waals surface area (Å²) >= 11 is 0. The molecule has 12 nitrogen and oxygen atoms in total. The van der Waals surface area contributed by atoms with Gasteiger partial charge in [-0.2, -0.15) is 8.78 Å². The lowest BCUT2D eigenvalue weighted by atomic mass is 9.91. The number of ether oxygens (including phenoxy) is 1. The number of hydrogen-bond donors (Lipinski definition) is 8. The number of carboxylic acid groups (broad SMARTS) is 1. The second-order valence-electron chi connectivity index (χ2n) is 6.84. The highest BCUT2D eigenvalue weighted by atomic mass is 19.3. The highest BCUT2D eigenvalue weighted by Crippen LogP contribution is 2.32. The first-order chi connectivity index (χ1) is 13.9. The van der Waals surface area contributed by atoms with Crippen molar-refractivity contribution in [3.63, 3.8) is 0 Å². The van der Waals surface area contributed by atoms with Crippen molar-refractivity contribution in [1.29, 1.82) is 0 Å². The van der Waals surface area contributed by atoms with Crippen molar-refractivity contribution < 1.29 is 53.4 Å². The Kier molecular flexibility index (Phi) is 9.93. The van der Waals surface area contributed by atoms with Crippen LogP contribution in [0.2, 0.25) is 0 Å². The first-order valence-electron chi connectivity index (χ1n) is 9.15. The summed E-state index contributed by atoms with van der Waals surface area (Å²) < 4.78 is 33.4. The summed E-state index contributed by atoms with van der Waals surface area (Å²) in [4.78, 5) is 33.7. The van der Waals surface area contributed by atoms with E-state index in [2.05, 4.69) is 5.32 Å². The number of carbonyl (C=O) groups is 3. The van der Waals surface area contributed by atoms with Crippen LogP contribution in [0.1, 0.15) is 19.3 Å². The van der Waals surface area contributed by atoms with E-state index in [1.165, 1.54) is 0 Å². The van der Waals surface area contributed by atoms with Crippen LogP contribution in [-0.2, 0) is 19.1 Å². The van der Waals surface area contributed by atoms with Crippen LogP contribution in [0, 0.1) is 0 Å². The highest BCUT2D eigenvalue weighted by molar-refractivity contribution is 5.85. The molecular formula is C16H27F2N3O9. The number of aliphatic carboxylic acids is 1. The molecule has 0 aromatic heterocycles. The number of aliphatic hydroxyl groups excluding tert-OH is 4. The van der Waals surface area contributed by atoms with Gasteiger partial charge in [0.15, 0.2) is 6.10 Å². The summed E-state index contributed by atoms with van der Waals surface area (Å²) in [6.07, 6.45) is -9.69. The first kappa shape index (κ1) is 26.1. The average molecular weight is 443 g/mol. The lowest BCUT2D eigenvalue weighted by Gasteiger charge is -2.42. The molecule has 14 heteroatoms. The van der Waals surface area contributed by atoms with Crippen LogP contribution >= 0.6 is 0 Å². The molecule has 6 atom stereocenters. The summed E-state index contributed by atoms with van der Waals surface area (Å²) in [5, 5.41) is 50.5. The molecule has 0 bridgehead atoms. The van der Waals surface area contributed by atoms with E-state index in [1.54, 1.807) is 0 Å². The largest absolute Gasteiger partial charge is 0.480 e. The zero-order valence-electron chi connectivity index (χ0n) is 15.9. The van der Waals surface area contributed by atoms with E-state index in [0.29, 0.717) is 0 Å². The Hall–Kier alpha value is -1.97. The SMILES string of the molecule is N[C@@H](CCCCNC(=O)C(F)(F)[C@@H]1O[C@H](CO)[C@H](O)[C@H](O)[C@H]1O)C(=O)NCC(=O)O. The molecule has 0 radical (unpaired) electrons. The summed E-state index contributed by atoms with van der Waals surface area (Å²) in [7, 11) is 0. The maximum atomic E-state index is 14.4. The van der Waals surface area contributed by atoms with E-state index in [-0.39, 0.29) is 25.8 Å². The monoisotopic (exact) mass is 443 g/mol. The number of amides is 2. The van der Waals surface area contributed by atoms with Gasteiger partial charge in [0, 0.05) is 6.54 Å². The minimum atomic E-state index is -4.28. The number of unbranched alkanes of at least 4 members (excludes halogenated alkanes) is 1. The number of rotatable bonds is 11. The third kappa shape index (κ3) is 6.78. The van der Waals surface area contributed by atoms with E-state index in [0.717, 1.165) is 0 Å². The van der Waals surface area contributed by atoms with Gasteiger partial charge in [-0.3, -0.25) is 14.4 Å². The summed E-state index contributed by atoms with van der Waals surface area (Å²) in [6, 6.07) is -1.00. The zero-order chi connectivity index (χ0) is 23.1. The predicted octanol–water partition coefficient (Wildman–Crippen LogP) is -3.72. The zero-order valence-corrected chi connectivity index (χ0v) is 15.9. The number of carboxylic acids is 1. The van der Waals surface area contributed by atoms with Crippen molar-refractivity contribution in [3.8, 4) is 0 Å². The number of alkyl halides is 2. The van der Waals surface area contributed by atoms with Gasteiger partial charge in [0.25, 0.3) is 5.91 Å². The molecule has 0 aliphatic carbocycles. The second-order valence-corrected chi connectivity index (χ2v) is 6.84. The Labute approximate surface area is 170 Å². The predicted molar refractivity (Wildman–Crippen MR) is 94.2 cm³/mol. The van der Waals surface area contributed by atoms with Gasteiger partial charge >= 0.3 is 11.9 Å². The van der Waals surface area contributed by atoms with Gasteiger partial charge in [0.05, 0.1) is 12.6 Å². The van der Waals surface area contributed by atoms with Crippen molar-refractivity contribution in [2.75, 3.05) is 19.7 Å². The van der Waals surface area contributed by atoms with Crippen LogP contribution < -0.4 is 16.4 Å². The van der Waals surface area contributed by atoms with Gasteiger partial charge in [-0.25, -0.2) is 0 Å². The third-order valence-electron chi connectivity index (χ3n) is 4.53. The van der Waals surface area contributed by atoms with Crippen LogP contribution in [0.5, 0.6) is 0 Å². The van der Waals surface area contributed by atoms with Crippen molar-refractivity contribution in [2.24, 2.45) is 5.73 Å². The number of nitrogens with two attached hydrogens (primary N) is 1. The molecular weight excluding hydrogens is 416 g/mol. The summed E-state index contributed by atoms with van der Waals surface area (Å²) in [5.41, 5.74) is 5.56. The first-order valence-corrected chi connectivity index (χ1v) is 9.15. The van der Waals surface area contributed by atoms with E-state index in [4.69, 9.17) is 20.7 Å². The molecule has 0 unspecified atom stereocenters. The Bertz CT molecular complexity index is 609. The Morgan fingerprint density at radius 3 is 2.27 bits per heavy atom. The lowest BCUT2D eigenvalue weighted by Crippen LogP contribution is -2.65. The molecule has 174 valence electrons. The van der Waals surface area contributed by atoms with Gasteiger partial charge in [-0.05, 0) is 19.3 Å². The van der Waals surface area contributed by atoms with E-state index in [1.807, 2.05) is 5.32 Å².